The number of hydrogen-bond donors (Lipinski definition) is 1. The number of anilines is 1. The van der Waals surface area contributed by atoms with Gasteiger partial charge in [-0.2, -0.15) is 0 Å². The van der Waals surface area contributed by atoms with E-state index in [4.69, 9.17) is 5.73 Å². The standard InChI is InChI=1S/C17H29N/c1-3-5-7-8-11-15(10-6-4-2)16-12-9-13-17(18)14-16/h9,12-15H,3-8,10-11,18H2,1-2H3. The minimum Gasteiger partial charge on any atom is -0.399 e. The van der Waals surface area contributed by atoms with Crippen LogP contribution < -0.4 is 5.73 Å². The topological polar surface area (TPSA) is 26.0 Å². The molecule has 1 aromatic rings. The number of nitrogens with two attached hydrogens (primary N) is 1. The van der Waals surface area contributed by atoms with E-state index in [1.165, 1.54) is 56.9 Å². The minimum absolute atomic E-state index is 0.713. The van der Waals surface area contributed by atoms with Crippen LogP contribution in [-0.2, 0) is 0 Å². The zero-order chi connectivity index (χ0) is 13.2. The summed E-state index contributed by atoms with van der Waals surface area (Å²) >= 11 is 0. The summed E-state index contributed by atoms with van der Waals surface area (Å²) in [7, 11) is 0. The van der Waals surface area contributed by atoms with Crippen molar-refractivity contribution in [1.29, 1.82) is 0 Å². The Bertz CT molecular complexity index is 319. The molecule has 1 rings (SSSR count). The lowest BCUT2D eigenvalue weighted by atomic mass is 9.88. The van der Waals surface area contributed by atoms with Gasteiger partial charge >= 0.3 is 0 Å². The van der Waals surface area contributed by atoms with Crippen molar-refractivity contribution in [3.8, 4) is 0 Å². The molecule has 0 aliphatic heterocycles. The Morgan fingerprint density at radius 3 is 2.33 bits per heavy atom. The van der Waals surface area contributed by atoms with E-state index in [0.717, 1.165) is 5.69 Å². The molecule has 0 aliphatic rings. The van der Waals surface area contributed by atoms with Crippen molar-refractivity contribution in [3.05, 3.63) is 29.8 Å². The third-order valence-electron chi connectivity index (χ3n) is 3.69. The zero-order valence-corrected chi connectivity index (χ0v) is 12.1. The summed E-state index contributed by atoms with van der Waals surface area (Å²) in [5.74, 6) is 0.713. The summed E-state index contributed by atoms with van der Waals surface area (Å²) in [6.07, 6.45) is 10.7. The summed E-state index contributed by atoms with van der Waals surface area (Å²) < 4.78 is 0. The van der Waals surface area contributed by atoms with Gasteiger partial charge in [-0.15, -0.1) is 0 Å². The molecule has 0 aromatic heterocycles. The molecule has 18 heavy (non-hydrogen) atoms. The Hall–Kier alpha value is -0.980. The average Bonchev–Trinajstić information content (AvgIpc) is 2.38. The van der Waals surface area contributed by atoms with Crippen LogP contribution in [0.1, 0.15) is 76.7 Å². The second-order valence-corrected chi connectivity index (χ2v) is 5.36. The van der Waals surface area contributed by atoms with Crippen LogP contribution >= 0.6 is 0 Å². The van der Waals surface area contributed by atoms with E-state index in [2.05, 4.69) is 32.0 Å². The van der Waals surface area contributed by atoms with Gasteiger partial charge in [0.25, 0.3) is 0 Å². The molecule has 0 radical (unpaired) electrons. The lowest BCUT2D eigenvalue weighted by Crippen LogP contribution is -2.00. The third kappa shape index (κ3) is 5.57. The van der Waals surface area contributed by atoms with Crippen LogP contribution in [-0.4, -0.2) is 0 Å². The van der Waals surface area contributed by atoms with Gasteiger partial charge in [0.15, 0.2) is 0 Å². The second kappa shape index (κ2) is 9.02. The highest BCUT2D eigenvalue weighted by Gasteiger charge is 2.10. The zero-order valence-electron chi connectivity index (χ0n) is 12.1. The summed E-state index contributed by atoms with van der Waals surface area (Å²) in [6.45, 7) is 4.54. The van der Waals surface area contributed by atoms with Crippen LogP contribution in [0.5, 0.6) is 0 Å². The molecule has 0 saturated carbocycles. The van der Waals surface area contributed by atoms with Crippen molar-refractivity contribution in [2.75, 3.05) is 5.73 Å². The SMILES string of the molecule is CCCCCCC(CCCC)c1cccc(N)c1. The van der Waals surface area contributed by atoms with Gasteiger partial charge in [-0.25, -0.2) is 0 Å². The van der Waals surface area contributed by atoms with E-state index < -0.39 is 0 Å². The largest absolute Gasteiger partial charge is 0.399 e. The Morgan fingerprint density at radius 2 is 1.67 bits per heavy atom. The van der Waals surface area contributed by atoms with Crippen LogP contribution in [0.15, 0.2) is 24.3 Å². The highest BCUT2D eigenvalue weighted by molar-refractivity contribution is 5.41. The lowest BCUT2D eigenvalue weighted by Gasteiger charge is -2.17. The molecule has 0 saturated heterocycles. The highest BCUT2D eigenvalue weighted by Crippen LogP contribution is 2.29. The molecule has 0 aliphatic carbocycles. The van der Waals surface area contributed by atoms with Gasteiger partial charge in [0.1, 0.15) is 0 Å². The molecule has 0 amide bonds. The monoisotopic (exact) mass is 247 g/mol. The van der Waals surface area contributed by atoms with E-state index in [-0.39, 0.29) is 0 Å². The molecule has 102 valence electrons. The first-order chi connectivity index (χ1) is 8.77. The smallest absolute Gasteiger partial charge is 0.0316 e. The Labute approximate surface area is 113 Å². The van der Waals surface area contributed by atoms with E-state index >= 15 is 0 Å². The fourth-order valence-electron chi connectivity index (χ4n) is 2.56. The third-order valence-corrected chi connectivity index (χ3v) is 3.69. The van der Waals surface area contributed by atoms with Gasteiger partial charge in [-0.05, 0) is 36.5 Å². The normalized spacial score (nSPS) is 12.6. The number of rotatable bonds is 9. The first-order valence-electron chi connectivity index (χ1n) is 7.63. The molecule has 0 fully saturated rings. The van der Waals surface area contributed by atoms with Crippen molar-refractivity contribution in [3.63, 3.8) is 0 Å². The predicted molar refractivity (Wildman–Crippen MR) is 81.9 cm³/mol. The first-order valence-corrected chi connectivity index (χ1v) is 7.63. The maximum atomic E-state index is 5.90. The van der Waals surface area contributed by atoms with Crippen molar-refractivity contribution < 1.29 is 0 Å². The highest BCUT2D eigenvalue weighted by atomic mass is 14.5. The number of benzene rings is 1. The second-order valence-electron chi connectivity index (χ2n) is 5.36. The molecule has 1 aromatic carbocycles. The maximum absolute atomic E-state index is 5.90. The number of unbranched alkanes of at least 4 members (excludes halogenated alkanes) is 4. The van der Waals surface area contributed by atoms with Gasteiger partial charge in [0.2, 0.25) is 0 Å². The van der Waals surface area contributed by atoms with Crippen LogP contribution in [0.2, 0.25) is 0 Å². The molecule has 0 spiro atoms. The van der Waals surface area contributed by atoms with Crippen molar-refractivity contribution in [2.45, 2.75) is 71.1 Å². The molecule has 1 nitrogen and oxygen atoms in total. The molecular formula is C17H29N. The van der Waals surface area contributed by atoms with Crippen molar-refractivity contribution in [1.82, 2.24) is 0 Å². The van der Waals surface area contributed by atoms with Crippen LogP contribution in [0.4, 0.5) is 5.69 Å². The molecule has 1 atom stereocenters. The van der Waals surface area contributed by atoms with E-state index in [1.807, 2.05) is 6.07 Å². The van der Waals surface area contributed by atoms with E-state index in [9.17, 15) is 0 Å². The molecule has 2 N–H and O–H groups in total. The summed E-state index contributed by atoms with van der Waals surface area (Å²) in [4.78, 5) is 0. The van der Waals surface area contributed by atoms with Gasteiger partial charge < -0.3 is 5.73 Å². The van der Waals surface area contributed by atoms with Crippen LogP contribution in [0.25, 0.3) is 0 Å². The average molecular weight is 247 g/mol. The fourth-order valence-corrected chi connectivity index (χ4v) is 2.56. The number of hydrogen-bond acceptors (Lipinski definition) is 1. The summed E-state index contributed by atoms with van der Waals surface area (Å²) in [6, 6.07) is 8.49. The van der Waals surface area contributed by atoms with Crippen LogP contribution in [0, 0.1) is 0 Å². The quantitative estimate of drug-likeness (QED) is 0.451. The summed E-state index contributed by atoms with van der Waals surface area (Å²) in [5.41, 5.74) is 8.25. The first kappa shape index (κ1) is 15.1. The number of nitrogen functional groups attached to an aromatic ring is 1. The van der Waals surface area contributed by atoms with Gasteiger partial charge in [-0.1, -0.05) is 64.5 Å². The Morgan fingerprint density at radius 1 is 0.944 bits per heavy atom. The molecule has 0 bridgehead atoms. The maximum Gasteiger partial charge on any atom is 0.0316 e. The summed E-state index contributed by atoms with van der Waals surface area (Å²) in [5, 5.41) is 0. The van der Waals surface area contributed by atoms with Crippen molar-refractivity contribution in [2.24, 2.45) is 0 Å². The van der Waals surface area contributed by atoms with Gasteiger partial charge in [0.05, 0.1) is 0 Å². The Balaban J connectivity index is 2.54. The van der Waals surface area contributed by atoms with Crippen LogP contribution in [0.3, 0.4) is 0 Å². The predicted octanol–water partition coefficient (Wildman–Crippen LogP) is 5.51. The van der Waals surface area contributed by atoms with Crippen molar-refractivity contribution >= 4 is 5.69 Å². The Kier molecular flexibility index (Phi) is 7.55. The fraction of sp³-hybridized carbons (Fsp3) is 0.647. The van der Waals surface area contributed by atoms with E-state index in [0.29, 0.717) is 5.92 Å². The molecular weight excluding hydrogens is 218 g/mol. The van der Waals surface area contributed by atoms with Gasteiger partial charge in [-0.3, -0.25) is 0 Å². The van der Waals surface area contributed by atoms with Gasteiger partial charge in [0, 0.05) is 5.69 Å². The minimum atomic E-state index is 0.713. The lowest BCUT2D eigenvalue weighted by molar-refractivity contribution is 0.509. The molecule has 1 unspecified atom stereocenters. The molecule has 1 heteroatoms. The van der Waals surface area contributed by atoms with E-state index in [1.54, 1.807) is 0 Å². The molecule has 0 heterocycles.